The molecule has 1 aromatic rings. The van der Waals surface area contributed by atoms with Gasteiger partial charge in [0.25, 0.3) is 0 Å². The Morgan fingerprint density at radius 1 is 1.18 bits per heavy atom. The average molecular weight is 179 g/mol. The van der Waals surface area contributed by atoms with Crippen LogP contribution in [0.3, 0.4) is 0 Å². The Kier molecular flexibility index (Phi) is 2.00. The van der Waals surface area contributed by atoms with Gasteiger partial charge < -0.3 is 5.11 Å². The van der Waals surface area contributed by atoms with E-state index in [2.05, 4.69) is 0 Å². The van der Waals surface area contributed by atoms with E-state index in [1.807, 2.05) is 0 Å². The van der Waals surface area contributed by atoms with E-state index in [9.17, 15) is 8.78 Å². The Bertz CT molecular complexity index is 240. The summed E-state index contributed by atoms with van der Waals surface area (Å²) in [6.07, 6.45) is 0. The molecule has 0 heterocycles. The van der Waals surface area contributed by atoms with Crippen molar-refractivity contribution < 1.29 is 13.9 Å². The summed E-state index contributed by atoms with van der Waals surface area (Å²) in [6, 6.07) is 4.46. The van der Waals surface area contributed by atoms with Crippen LogP contribution >= 0.6 is 11.6 Å². The molecule has 0 aliphatic carbocycles. The summed E-state index contributed by atoms with van der Waals surface area (Å²) in [5, 5.41) is 5.38. The van der Waals surface area contributed by atoms with Gasteiger partial charge in [0.1, 0.15) is 5.75 Å². The van der Waals surface area contributed by atoms with Crippen LogP contribution in [0.4, 0.5) is 8.78 Å². The molecule has 0 amide bonds. The number of halogens is 3. The molecule has 60 valence electrons. The predicted molar refractivity (Wildman–Crippen MR) is 37.9 cm³/mol. The topological polar surface area (TPSA) is 20.2 Å². The molecule has 0 bridgehead atoms. The normalized spacial score (nSPS) is 11.5. The smallest absolute Gasteiger partial charge is 0.348 e. The van der Waals surface area contributed by atoms with Gasteiger partial charge in [-0.3, -0.25) is 0 Å². The Morgan fingerprint density at radius 2 is 1.64 bits per heavy atom. The minimum absolute atomic E-state index is 0.0605. The number of hydrogen-bond acceptors (Lipinski definition) is 1. The van der Waals surface area contributed by atoms with Crippen molar-refractivity contribution in [1.82, 2.24) is 0 Å². The Balaban J connectivity index is 2.99. The van der Waals surface area contributed by atoms with Crippen molar-refractivity contribution >= 4 is 11.6 Å². The summed E-state index contributed by atoms with van der Waals surface area (Å²) in [6.45, 7) is 0. The van der Waals surface area contributed by atoms with E-state index >= 15 is 0 Å². The largest absolute Gasteiger partial charge is 0.508 e. The van der Waals surface area contributed by atoms with Crippen molar-refractivity contribution in [3.05, 3.63) is 29.8 Å². The fraction of sp³-hybridized carbons (Fsp3) is 0.143. The van der Waals surface area contributed by atoms with Crippen molar-refractivity contribution in [2.24, 2.45) is 0 Å². The van der Waals surface area contributed by atoms with E-state index in [4.69, 9.17) is 16.7 Å². The second-order valence-corrected chi connectivity index (χ2v) is 2.52. The number of alkyl halides is 3. The summed E-state index contributed by atoms with van der Waals surface area (Å²) < 4.78 is 24.5. The van der Waals surface area contributed by atoms with Crippen LogP contribution in [-0.4, -0.2) is 5.11 Å². The summed E-state index contributed by atoms with van der Waals surface area (Å²) >= 11 is 4.70. The number of hydrogen-bond donors (Lipinski definition) is 1. The molecule has 1 nitrogen and oxygen atoms in total. The third kappa shape index (κ3) is 2.05. The first-order valence-electron chi connectivity index (χ1n) is 2.86. The molecular weight excluding hydrogens is 174 g/mol. The predicted octanol–water partition coefficient (Wildman–Crippen LogP) is 2.68. The zero-order valence-corrected chi connectivity index (χ0v) is 6.15. The van der Waals surface area contributed by atoms with E-state index < -0.39 is 5.38 Å². The molecule has 0 atom stereocenters. The molecule has 0 unspecified atom stereocenters. The fourth-order valence-corrected chi connectivity index (χ4v) is 0.776. The highest BCUT2D eigenvalue weighted by molar-refractivity contribution is 6.21. The summed E-state index contributed by atoms with van der Waals surface area (Å²) in [4.78, 5) is 0. The highest BCUT2D eigenvalue weighted by Gasteiger charge is 2.27. The second kappa shape index (κ2) is 2.66. The minimum Gasteiger partial charge on any atom is -0.508 e. The fourth-order valence-electron chi connectivity index (χ4n) is 0.650. The molecule has 0 saturated heterocycles. The van der Waals surface area contributed by atoms with Crippen LogP contribution < -0.4 is 0 Å². The van der Waals surface area contributed by atoms with Gasteiger partial charge in [-0.05, 0) is 35.9 Å². The third-order valence-electron chi connectivity index (χ3n) is 1.19. The lowest BCUT2D eigenvalue weighted by molar-refractivity contribution is 0.0951. The van der Waals surface area contributed by atoms with Gasteiger partial charge >= 0.3 is 5.38 Å². The van der Waals surface area contributed by atoms with Gasteiger partial charge in [-0.25, -0.2) is 0 Å². The monoisotopic (exact) mass is 178 g/mol. The number of aromatic hydroxyl groups is 1. The van der Waals surface area contributed by atoms with Crippen LogP contribution in [-0.2, 0) is 5.38 Å². The lowest BCUT2D eigenvalue weighted by Crippen LogP contribution is -2.01. The van der Waals surface area contributed by atoms with Gasteiger partial charge in [0.2, 0.25) is 0 Å². The second-order valence-electron chi connectivity index (χ2n) is 2.04. The molecule has 0 aromatic heterocycles. The standard InChI is InChI=1S/C7H5ClF2O/c8-7(9,10)5-1-3-6(11)4-2-5/h1-4,11H. The van der Waals surface area contributed by atoms with Crippen LogP contribution in [0.15, 0.2) is 24.3 Å². The minimum atomic E-state index is -3.35. The zero-order valence-electron chi connectivity index (χ0n) is 5.39. The molecule has 1 N–H and O–H groups in total. The lowest BCUT2D eigenvalue weighted by Gasteiger charge is -2.06. The average Bonchev–Trinajstić information content (AvgIpc) is 1.86. The molecule has 0 fully saturated rings. The van der Waals surface area contributed by atoms with Gasteiger partial charge in [0.15, 0.2) is 0 Å². The lowest BCUT2D eigenvalue weighted by atomic mass is 10.2. The van der Waals surface area contributed by atoms with Gasteiger partial charge in [-0.1, -0.05) is 0 Å². The van der Waals surface area contributed by atoms with Crippen LogP contribution in [0.25, 0.3) is 0 Å². The van der Waals surface area contributed by atoms with Gasteiger partial charge in [-0.2, -0.15) is 8.78 Å². The van der Waals surface area contributed by atoms with Crippen LogP contribution in [0, 0.1) is 0 Å². The molecule has 0 aliphatic heterocycles. The molecule has 0 saturated carbocycles. The molecular formula is C7H5ClF2O. The maximum Gasteiger partial charge on any atom is 0.348 e. The third-order valence-corrected chi connectivity index (χ3v) is 1.41. The van der Waals surface area contributed by atoms with Crippen LogP contribution in [0.1, 0.15) is 5.56 Å². The molecule has 0 spiro atoms. The maximum atomic E-state index is 12.3. The molecule has 1 aromatic carbocycles. The van der Waals surface area contributed by atoms with Crippen molar-refractivity contribution in [3.63, 3.8) is 0 Å². The van der Waals surface area contributed by atoms with Gasteiger partial charge in [0, 0.05) is 5.56 Å². The molecule has 0 aliphatic rings. The van der Waals surface area contributed by atoms with Gasteiger partial charge in [-0.15, -0.1) is 0 Å². The summed E-state index contributed by atoms with van der Waals surface area (Å²) in [7, 11) is 0. The van der Waals surface area contributed by atoms with E-state index in [-0.39, 0.29) is 11.3 Å². The van der Waals surface area contributed by atoms with Crippen molar-refractivity contribution in [3.8, 4) is 5.75 Å². The zero-order chi connectivity index (χ0) is 8.48. The first-order chi connectivity index (χ1) is 5.00. The first kappa shape index (κ1) is 8.27. The number of benzene rings is 1. The van der Waals surface area contributed by atoms with Crippen LogP contribution in [0.2, 0.25) is 0 Å². The Morgan fingerprint density at radius 3 is 2.00 bits per heavy atom. The van der Waals surface area contributed by atoms with E-state index in [0.29, 0.717) is 0 Å². The highest BCUT2D eigenvalue weighted by atomic mass is 35.5. The van der Waals surface area contributed by atoms with Gasteiger partial charge in [0.05, 0.1) is 0 Å². The number of phenolic OH excluding ortho intramolecular Hbond substituents is 1. The van der Waals surface area contributed by atoms with Crippen molar-refractivity contribution in [2.45, 2.75) is 5.38 Å². The quantitative estimate of drug-likeness (QED) is 0.656. The molecule has 0 radical (unpaired) electrons. The highest BCUT2D eigenvalue weighted by Crippen LogP contribution is 2.32. The van der Waals surface area contributed by atoms with E-state index in [1.54, 1.807) is 0 Å². The van der Waals surface area contributed by atoms with E-state index in [1.165, 1.54) is 0 Å². The molecule has 11 heavy (non-hydrogen) atoms. The Labute approximate surface area is 67.2 Å². The molecule has 4 heteroatoms. The van der Waals surface area contributed by atoms with E-state index in [0.717, 1.165) is 24.3 Å². The van der Waals surface area contributed by atoms with Crippen molar-refractivity contribution in [2.75, 3.05) is 0 Å². The number of rotatable bonds is 1. The molecule has 1 rings (SSSR count). The number of phenols is 1. The van der Waals surface area contributed by atoms with Crippen molar-refractivity contribution in [1.29, 1.82) is 0 Å². The first-order valence-corrected chi connectivity index (χ1v) is 3.24. The Hall–Kier alpha value is -0.830. The SMILES string of the molecule is Oc1ccc(C(F)(F)Cl)cc1. The maximum absolute atomic E-state index is 12.3. The summed E-state index contributed by atoms with van der Waals surface area (Å²) in [5.41, 5.74) is -0.322. The summed E-state index contributed by atoms with van der Waals surface area (Å²) in [5.74, 6) is -0.0605. The van der Waals surface area contributed by atoms with Crippen LogP contribution in [0.5, 0.6) is 5.75 Å².